The third kappa shape index (κ3) is 2.04. The van der Waals surface area contributed by atoms with Crippen molar-refractivity contribution in [2.24, 2.45) is 5.41 Å². The van der Waals surface area contributed by atoms with Crippen molar-refractivity contribution in [3.05, 3.63) is 5.56 Å². The monoisotopic (exact) mass is 266 g/mol. The van der Waals surface area contributed by atoms with E-state index < -0.39 is 0 Å². The molecule has 2 unspecified atom stereocenters. The second-order valence-corrected chi connectivity index (χ2v) is 5.86. The van der Waals surface area contributed by atoms with E-state index in [-0.39, 0.29) is 11.5 Å². The quantitative estimate of drug-likeness (QED) is 0.873. The summed E-state index contributed by atoms with van der Waals surface area (Å²) in [5, 5.41) is 13.2. The molecule has 2 atom stereocenters. The zero-order valence-electron chi connectivity index (χ0n) is 10.9. The van der Waals surface area contributed by atoms with Crippen molar-refractivity contribution in [1.29, 1.82) is 5.26 Å². The highest BCUT2D eigenvalue weighted by molar-refractivity contribution is 7.10. The summed E-state index contributed by atoms with van der Waals surface area (Å²) in [6.45, 7) is 7.09. The number of aromatic nitrogens is 1. The Kier molecular flexibility index (Phi) is 3.46. The minimum absolute atomic E-state index is 0.0570. The number of nitrogens with two attached hydrogens (primary N) is 1. The number of ether oxygens (including phenoxy) is 1. The van der Waals surface area contributed by atoms with Gasteiger partial charge in [-0.15, -0.1) is 0 Å². The highest BCUT2D eigenvalue weighted by Crippen LogP contribution is 2.45. The third-order valence-electron chi connectivity index (χ3n) is 3.68. The molecule has 0 saturated heterocycles. The van der Waals surface area contributed by atoms with Crippen molar-refractivity contribution >= 4 is 22.4 Å². The summed E-state index contributed by atoms with van der Waals surface area (Å²) in [6, 6.07) is 2.38. The number of nitrogen functional groups attached to an aromatic ring is 1. The van der Waals surface area contributed by atoms with Gasteiger partial charge in [-0.25, -0.2) is 0 Å². The van der Waals surface area contributed by atoms with Crippen LogP contribution in [-0.2, 0) is 4.74 Å². The van der Waals surface area contributed by atoms with E-state index in [1.54, 1.807) is 0 Å². The Morgan fingerprint density at radius 1 is 1.67 bits per heavy atom. The van der Waals surface area contributed by atoms with Crippen molar-refractivity contribution in [2.45, 2.75) is 39.3 Å². The van der Waals surface area contributed by atoms with E-state index in [1.165, 1.54) is 11.5 Å². The summed E-state index contributed by atoms with van der Waals surface area (Å²) in [5.41, 5.74) is 6.15. The van der Waals surface area contributed by atoms with Crippen LogP contribution in [0.15, 0.2) is 0 Å². The molecule has 3 N–H and O–H groups in total. The fourth-order valence-corrected chi connectivity index (χ4v) is 3.00. The predicted octanol–water partition coefficient (Wildman–Crippen LogP) is 2.21. The van der Waals surface area contributed by atoms with Crippen LogP contribution in [0.4, 0.5) is 10.8 Å². The fraction of sp³-hybridized carbons (Fsp3) is 0.667. The molecule has 6 heteroatoms. The summed E-state index contributed by atoms with van der Waals surface area (Å²) in [4.78, 5) is 0. The Bertz CT molecular complexity index is 477. The second-order valence-electron chi connectivity index (χ2n) is 5.08. The second kappa shape index (κ2) is 4.75. The maximum Gasteiger partial charge on any atom is 0.157 e. The van der Waals surface area contributed by atoms with Gasteiger partial charge in [0.15, 0.2) is 5.82 Å². The van der Waals surface area contributed by atoms with Gasteiger partial charge >= 0.3 is 0 Å². The van der Waals surface area contributed by atoms with E-state index in [4.69, 9.17) is 15.7 Å². The van der Waals surface area contributed by atoms with Gasteiger partial charge in [-0.3, -0.25) is 0 Å². The molecule has 98 valence electrons. The molecule has 1 aromatic heterocycles. The standard InChI is InChI=1S/C12H18N4OS/c1-4-17-9-5-8(12(9,2)3)15-11-7(6-13)10(14)16-18-11/h8-9,15H,4-5H2,1-3H3,(H2,14,16). The van der Waals surface area contributed by atoms with E-state index in [0.717, 1.165) is 18.0 Å². The highest BCUT2D eigenvalue weighted by Gasteiger charge is 2.49. The molecule has 1 aliphatic carbocycles. The lowest BCUT2D eigenvalue weighted by Crippen LogP contribution is -2.58. The van der Waals surface area contributed by atoms with E-state index in [2.05, 4.69) is 29.6 Å². The molecule has 2 rings (SSSR count). The number of rotatable bonds is 4. The number of hydrogen-bond acceptors (Lipinski definition) is 6. The normalized spacial score (nSPS) is 25.2. The number of nitrogens with one attached hydrogen (secondary N) is 1. The SMILES string of the molecule is CCOC1CC(Nc2snc(N)c2C#N)C1(C)C. The Morgan fingerprint density at radius 3 is 2.94 bits per heavy atom. The molecule has 0 aliphatic heterocycles. The molecule has 1 aliphatic rings. The predicted molar refractivity (Wildman–Crippen MR) is 72.5 cm³/mol. The van der Waals surface area contributed by atoms with Gasteiger partial charge in [0.05, 0.1) is 6.10 Å². The molecule has 0 aromatic carbocycles. The molecule has 1 heterocycles. The van der Waals surface area contributed by atoms with Crippen LogP contribution >= 0.6 is 11.5 Å². The molecule has 5 nitrogen and oxygen atoms in total. The first-order valence-corrected chi connectivity index (χ1v) is 6.81. The van der Waals surface area contributed by atoms with E-state index in [0.29, 0.717) is 17.4 Å². The van der Waals surface area contributed by atoms with Crippen molar-refractivity contribution in [2.75, 3.05) is 17.7 Å². The van der Waals surface area contributed by atoms with E-state index in [9.17, 15) is 0 Å². The molecule has 0 bridgehead atoms. The summed E-state index contributed by atoms with van der Waals surface area (Å²) in [7, 11) is 0. The average molecular weight is 266 g/mol. The fourth-order valence-electron chi connectivity index (χ4n) is 2.28. The van der Waals surface area contributed by atoms with Gasteiger partial charge in [0.1, 0.15) is 16.6 Å². The molecule has 0 spiro atoms. The zero-order valence-corrected chi connectivity index (χ0v) is 11.7. The summed E-state index contributed by atoms with van der Waals surface area (Å²) in [6.07, 6.45) is 1.22. The Balaban J connectivity index is 2.06. The molecule has 18 heavy (non-hydrogen) atoms. The van der Waals surface area contributed by atoms with Crippen LogP contribution in [0.1, 0.15) is 32.8 Å². The number of nitrogens with zero attached hydrogens (tertiary/aromatic N) is 2. The molecule has 1 saturated carbocycles. The van der Waals surface area contributed by atoms with Crippen LogP contribution in [0.2, 0.25) is 0 Å². The molecule has 1 aromatic rings. The van der Waals surface area contributed by atoms with Gasteiger partial charge in [0, 0.05) is 18.1 Å². The number of nitriles is 1. The minimum Gasteiger partial charge on any atom is -0.382 e. The number of hydrogen-bond donors (Lipinski definition) is 2. The van der Waals surface area contributed by atoms with Gasteiger partial charge in [0.25, 0.3) is 0 Å². The van der Waals surface area contributed by atoms with Crippen LogP contribution < -0.4 is 11.1 Å². The smallest absolute Gasteiger partial charge is 0.157 e. The topological polar surface area (TPSA) is 84.0 Å². The molecule has 1 fully saturated rings. The van der Waals surface area contributed by atoms with Gasteiger partial charge in [-0.1, -0.05) is 13.8 Å². The largest absolute Gasteiger partial charge is 0.382 e. The van der Waals surface area contributed by atoms with Gasteiger partial charge < -0.3 is 15.8 Å². The van der Waals surface area contributed by atoms with Gasteiger partial charge in [-0.05, 0) is 24.9 Å². The van der Waals surface area contributed by atoms with Crippen molar-refractivity contribution < 1.29 is 4.74 Å². The minimum atomic E-state index is 0.0570. The first-order chi connectivity index (χ1) is 8.50. The first-order valence-electron chi connectivity index (χ1n) is 6.04. The summed E-state index contributed by atoms with van der Waals surface area (Å²) < 4.78 is 9.69. The van der Waals surface area contributed by atoms with E-state index in [1.807, 2.05) is 6.92 Å². The third-order valence-corrected chi connectivity index (χ3v) is 4.47. The van der Waals surface area contributed by atoms with Crippen LogP contribution in [0.5, 0.6) is 0 Å². The molecule has 0 amide bonds. The van der Waals surface area contributed by atoms with Crippen LogP contribution in [0.25, 0.3) is 0 Å². The van der Waals surface area contributed by atoms with Crippen LogP contribution in [-0.4, -0.2) is 23.1 Å². The maximum absolute atomic E-state index is 9.03. The lowest BCUT2D eigenvalue weighted by atomic mass is 9.64. The Labute approximate surface area is 111 Å². The van der Waals surface area contributed by atoms with Crippen molar-refractivity contribution in [3.8, 4) is 6.07 Å². The summed E-state index contributed by atoms with van der Waals surface area (Å²) >= 11 is 1.24. The van der Waals surface area contributed by atoms with Crippen LogP contribution in [0.3, 0.4) is 0 Å². The lowest BCUT2D eigenvalue weighted by Gasteiger charge is -2.51. The zero-order chi connectivity index (χ0) is 13.3. The molecular weight excluding hydrogens is 248 g/mol. The average Bonchev–Trinajstić information content (AvgIpc) is 2.68. The Hall–Kier alpha value is -1.32. The van der Waals surface area contributed by atoms with E-state index >= 15 is 0 Å². The molecule has 0 radical (unpaired) electrons. The summed E-state index contributed by atoms with van der Waals surface area (Å²) in [5.74, 6) is 0.309. The van der Waals surface area contributed by atoms with Gasteiger partial charge in [-0.2, -0.15) is 9.64 Å². The highest BCUT2D eigenvalue weighted by atomic mass is 32.1. The van der Waals surface area contributed by atoms with Crippen molar-refractivity contribution in [3.63, 3.8) is 0 Å². The number of anilines is 2. The first kappa shape index (κ1) is 13.1. The lowest BCUT2D eigenvalue weighted by molar-refractivity contribution is -0.0975. The van der Waals surface area contributed by atoms with Gasteiger partial charge in [0.2, 0.25) is 0 Å². The maximum atomic E-state index is 9.03. The van der Waals surface area contributed by atoms with Crippen LogP contribution in [0, 0.1) is 16.7 Å². The van der Waals surface area contributed by atoms with Crippen molar-refractivity contribution in [1.82, 2.24) is 4.37 Å². The Morgan fingerprint density at radius 2 is 2.39 bits per heavy atom. The molecular formula is C12H18N4OS.